The van der Waals surface area contributed by atoms with Gasteiger partial charge >= 0.3 is 0 Å². The van der Waals surface area contributed by atoms with Crippen molar-refractivity contribution < 1.29 is 4.79 Å². The zero-order valence-electron chi connectivity index (χ0n) is 10.8. The van der Waals surface area contributed by atoms with Gasteiger partial charge in [-0.3, -0.25) is 4.79 Å². The Labute approximate surface area is 136 Å². The second kappa shape index (κ2) is 5.72. The maximum absolute atomic E-state index is 12.3. The fourth-order valence-electron chi connectivity index (χ4n) is 2.26. The van der Waals surface area contributed by atoms with Crippen LogP contribution in [0, 0.1) is 0 Å². The molecule has 0 aliphatic heterocycles. The number of hydrogen-bond donors (Lipinski definition) is 0. The lowest BCUT2D eigenvalue weighted by Crippen LogP contribution is -2.09. The first-order chi connectivity index (χ1) is 10.0. The van der Waals surface area contributed by atoms with Crippen LogP contribution in [0.2, 0.25) is 15.1 Å². The molecule has 1 aromatic heterocycles. The van der Waals surface area contributed by atoms with Gasteiger partial charge in [0.25, 0.3) is 0 Å². The first-order valence-corrected chi connectivity index (χ1v) is 7.40. The smallest absolute Gasteiger partial charge is 0.182 e. The summed E-state index contributed by atoms with van der Waals surface area (Å²) in [5.41, 5.74) is 1.42. The molecule has 3 rings (SSSR count). The van der Waals surface area contributed by atoms with Crippen molar-refractivity contribution in [3.05, 3.63) is 69.3 Å². The third-order valence-corrected chi connectivity index (χ3v) is 4.03. The third kappa shape index (κ3) is 2.93. The molecule has 0 N–H and O–H groups in total. The molecule has 0 radical (unpaired) electrons. The lowest BCUT2D eigenvalue weighted by molar-refractivity contribution is 0.0973. The summed E-state index contributed by atoms with van der Waals surface area (Å²) in [6, 6.07) is 12.3. The molecule has 2 nitrogen and oxygen atoms in total. The van der Waals surface area contributed by atoms with Crippen LogP contribution in [0.25, 0.3) is 10.9 Å². The molecular formula is C16H10Cl3NO. The van der Waals surface area contributed by atoms with E-state index in [9.17, 15) is 4.79 Å². The molecule has 0 aliphatic carbocycles. The number of Topliss-reactive ketones (excluding diaryl/α,β-unsaturated/α-hetero) is 1. The van der Waals surface area contributed by atoms with Gasteiger partial charge in [-0.05, 0) is 30.3 Å². The van der Waals surface area contributed by atoms with E-state index >= 15 is 0 Å². The number of hydrogen-bond acceptors (Lipinski definition) is 1. The van der Waals surface area contributed by atoms with Crippen molar-refractivity contribution in [2.75, 3.05) is 0 Å². The minimum Gasteiger partial charge on any atom is -0.340 e. The Kier molecular flexibility index (Phi) is 3.94. The van der Waals surface area contributed by atoms with Crippen LogP contribution in [0.5, 0.6) is 0 Å². The third-order valence-electron chi connectivity index (χ3n) is 3.26. The summed E-state index contributed by atoms with van der Waals surface area (Å²) in [6.45, 7) is 0.209. The molecule has 0 fully saturated rings. The fourth-order valence-corrected chi connectivity index (χ4v) is 3.00. The summed E-state index contributed by atoms with van der Waals surface area (Å²) in [6.07, 6.45) is 1.83. The maximum atomic E-state index is 12.3. The molecule has 0 saturated carbocycles. The summed E-state index contributed by atoms with van der Waals surface area (Å²) in [4.78, 5) is 12.3. The molecule has 0 spiro atoms. The topological polar surface area (TPSA) is 22.0 Å². The lowest BCUT2D eigenvalue weighted by Gasteiger charge is -2.06. The van der Waals surface area contributed by atoms with Gasteiger partial charge in [0, 0.05) is 27.2 Å². The molecule has 5 heteroatoms. The van der Waals surface area contributed by atoms with Crippen LogP contribution in [-0.2, 0) is 6.54 Å². The molecule has 0 amide bonds. The maximum Gasteiger partial charge on any atom is 0.182 e. The van der Waals surface area contributed by atoms with Crippen LogP contribution in [0.4, 0.5) is 0 Å². The SMILES string of the molecule is O=C(Cn1ccc2c(Cl)cc(Cl)cc21)c1cccc(Cl)c1. The normalized spacial score (nSPS) is 11.0. The van der Waals surface area contributed by atoms with Crippen LogP contribution >= 0.6 is 34.8 Å². The van der Waals surface area contributed by atoms with E-state index in [-0.39, 0.29) is 12.3 Å². The van der Waals surface area contributed by atoms with Crippen molar-refractivity contribution in [1.82, 2.24) is 4.57 Å². The molecule has 106 valence electrons. The van der Waals surface area contributed by atoms with Gasteiger partial charge in [-0.25, -0.2) is 0 Å². The van der Waals surface area contributed by atoms with Gasteiger partial charge in [0.05, 0.1) is 17.1 Å². The van der Waals surface area contributed by atoms with Gasteiger partial charge in [-0.1, -0.05) is 46.9 Å². The summed E-state index contributed by atoms with van der Waals surface area (Å²) in [5.74, 6) is -0.0221. The fraction of sp³-hybridized carbons (Fsp3) is 0.0625. The highest BCUT2D eigenvalue weighted by Gasteiger charge is 2.11. The lowest BCUT2D eigenvalue weighted by atomic mass is 10.1. The van der Waals surface area contributed by atoms with Gasteiger partial charge in [0.1, 0.15) is 0 Å². The van der Waals surface area contributed by atoms with Crippen molar-refractivity contribution in [2.45, 2.75) is 6.54 Å². The van der Waals surface area contributed by atoms with Crippen LogP contribution < -0.4 is 0 Å². The molecule has 3 aromatic rings. The van der Waals surface area contributed by atoms with Crippen molar-refractivity contribution in [3.8, 4) is 0 Å². The first kappa shape index (κ1) is 14.5. The van der Waals surface area contributed by atoms with Gasteiger partial charge in [-0.15, -0.1) is 0 Å². The van der Waals surface area contributed by atoms with Crippen LogP contribution in [0.15, 0.2) is 48.7 Å². The second-order valence-electron chi connectivity index (χ2n) is 4.70. The molecule has 21 heavy (non-hydrogen) atoms. The molecule has 0 unspecified atom stereocenters. The molecule has 2 aromatic carbocycles. The molecule has 0 atom stereocenters. The van der Waals surface area contributed by atoms with Gasteiger partial charge < -0.3 is 4.57 Å². The number of halogens is 3. The first-order valence-electron chi connectivity index (χ1n) is 6.27. The molecule has 0 saturated heterocycles. The monoisotopic (exact) mass is 337 g/mol. The average molecular weight is 339 g/mol. The number of benzene rings is 2. The summed E-state index contributed by atoms with van der Waals surface area (Å²) in [7, 11) is 0. The van der Waals surface area contributed by atoms with Crippen LogP contribution in [0.3, 0.4) is 0 Å². The van der Waals surface area contributed by atoms with Crippen molar-refractivity contribution >= 4 is 51.5 Å². The number of ketones is 1. The number of carbonyl (C=O) groups excluding carboxylic acids is 1. The van der Waals surface area contributed by atoms with Crippen molar-refractivity contribution in [1.29, 1.82) is 0 Å². The number of fused-ring (bicyclic) bond motifs is 1. The summed E-state index contributed by atoms with van der Waals surface area (Å²) in [5, 5.41) is 2.54. The highest BCUT2D eigenvalue weighted by atomic mass is 35.5. The minimum atomic E-state index is -0.0221. The van der Waals surface area contributed by atoms with E-state index < -0.39 is 0 Å². The molecule has 0 aliphatic rings. The van der Waals surface area contributed by atoms with E-state index in [0.29, 0.717) is 20.6 Å². The predicted molar refractivity (Wildman–Crippen MR) is 87.7 cm³/mol. The standard InChI is InChI=1S/C16H10Cl3NO/c17-11-3-1-2-10(6-11)16(21)9-20-5-4-13-14(19)7-12(18)8-15(13)20/h1-8H,9H2. The highest BCUT2D eigenvalue weighted by Crippen LogP contribution is 2.29. The minimum absolute atomic E-state index is 0.0221. The molecule has 0 bridgehead atoms. The number of carbonyl (C=O) groups is 1. The molecular weight excluding hydrogens is 329 g/mol. The van der Waals surface area contributed by atoms with Crippen LogP contribution in [0.1, 0.15) is 10.4 Å². The van der Waals surface area contributed by atoms with E-state index in [1.165, 1.54) is 0 Å². The number of rotatable bonds is 3. The van der Waals surface area contributed by atoms with E-state index in [0.717, 1.165) is 10.9 Å². The second-order valence-corrected chi connectivity index (χ2v) is 5.98. The number of aromatic nitrogens is 1. The quantitative estimate of drug-likeness (QED) is 0.579. The van der Waals surface area contributed by atoms with E-state index in [1.807, 2.05) is 16.8 Å². The van der Waals surface area contributed by atoms with Gasteiger partial charge in [0.2, 0.25) is 0 Å². The van der Waals surface area contributed by atoms with E-state index in [4.69, 9.17) is 34.8 Å². The Balaban J connectivity index is 1.97. The zero-order valence-corrected chi connectivity index (χ0v) is 13.1. The zero-order chi connectivity index (χ0) is 15.0. The Morgan fingerprint density at radius 3 is 2.57 bits per heavy atom. The molecule has 1 heterocycles. The van der Waals surface area contributed by atoms with Gasteiger partial charge in [0.15, 0.2) is 5.78 Å². The van der Waals surface area contributed by atoms with E-state index in [2.05, 4.69) is 0 Å². The summed E-state index contributed by atoms with van der Waals surface area (Å²) >= 11 is 18.1. The largest absolute Gasteiger partial charge is 0.340 e. The Hall–Kier alpha value is -1.48. The Morgan fingerprint density at radius 1 is 1.00 bits per heavy atom. The number of nitrogens with zero attached hydrogens (tertiary/aromatic N) is 1. The Bertz CT molecular complexity index is 839. The van der Waals surface area contributed by atoms with Crippen molar-refractivity contribution in [2.24, 2.45) is 0 Å². The van der Waals surface area contributed by atoms with Crippen molar-refractivity contribution in [3.63, 3.8) is 0 Å². The Morgan fingerprint density at radius 2 is 1.81 bits per heavy atom. The predicted octanol–water partition coefficient (Wildman–Crippen LogP) is 5.48. The highest BCUT2D eigenvalue weighted by molar-refractivity contribution is 6.38. The average Bonchev–Trinajstić information content (AvgIpc) is 2.82. The van der Waals surface area contributed by atoms with E-state index in [1.54, 1.807) is 36.4 Å². The van der Waals surface area contributed by atoms with Gasteiger partial charge in [-0.2, -0.15) is 0 Å². The summed E-state index contributed by atoms with van der Waals surface area (Å²) < 4.78 is 1.83. The van der Waals surface area contributed by atoms with Crippen LogP contribution in [-0.4, -0.2) is 10.4 Å².